The van der Waals surface area contributed by atoms with Gasteiger partial charge in [-0.25, -0.2) is 4.79 Å². The molecule has 0 bridgehead atoms. The van der Waals surface area contributed by atoms with Gasteiger partial charge in [0.1, 0.15) is 11.7 Å². The van der Waals surface area contributed by atoms with Gasteiger partial charge in [-0.15, -0.1) is 0 Å². The van der Waals surface area contributed by atoms with Gasteiger partial charge in [0.05, 0.1) is 28.5 Å². The molecule has 44 heavy (non-hydrogen) atoms. The van der Waals surface area contributed by atoms with Gasteiger partial charge in [0.15, 0.2) is 0 Å². The number of urea groups is 1. The summed E-state index contributed by atoms with van der Waals surface area (Å²) in [6.45, 7) is 1.18. The van der Waals surface area contributed by atoms with Crippen LogP contribution in [-0.4, -0.2) is 78.9 Å². The van der Waals surface area contributed by atoms with Crippen LogP contribution in [0.3, 0.4) is 0 Å². The third-order valence-electron chi connectivity index (χ3n) is 7.80. The molecule has 2 aromatic carbocycles. The number of amides is 5. The number of hydrogen-bond donors (Lipinski definition) is 3. The molecule has 2 aliphatic rings. The van der Waals surface area contributed by atoms with Crippen molar-refractivity contribution in [2.75, 3.05) is 39.6 Å². The molecule has 2 atom stereocenters. The van der Waals surface area contributed by atoms with Crippen LogP contribution in [-0.2, 0) is 20.9 Å². The summed E-state index contributed by atoms with van der Waals surface area (Å²) in [6, 6.07) is 12.2. The van der Waals surface area contributed by atoms with Crippen molar-refractivity contribution in [2.24, 2.45) is 5.92 Å². The van der Waals surface area contributed by atoms with Crippen molar-refractivity contribution in [3.8, 4) is 28.1 Å². The molecule has 230 valence electrons. The summed E-state index contributed by atoms with van der Waals surface area (Å²) in [5.74, 6) is -1.49. The number of carbonyl (C=O) groups excluding carboxylic acids is 4. The van der Waals surface area contributed by atoms with E-state index in [9.17, 15) is 19.2 Å². The molecule has 3 N–H and O–H groups in total. The molecule has 0 saturated carbocycles. The second-order valence-electron chi connectivity index (χ2n) is 10.8. The molecule has 5 amide bonds. The molecule has 11 nitrogen and oxygen atoms in total. The molecule has 0 aliphatic carbocycles. The number of anilines is 1. The summed E-state index contributed by atoms with van der Waals surface area (Å²) in [5, 5.41) is 9.65. The van der Waals surface area contributed by atoms with Gasteiger partial charge >= 0.3 is 6.03 Å². The fourth-order valence-corrected chi connectivity index (χ4v) is 5.97. The van der Waals surface area contributed by atoms with Crippen LogP contribution in [0.5, 0.6) is 5.75 Å². The highest BCUT2D eigenvalue weighted by Crippen LogP contribution is 2.41. The first kappa shape index (κ1) is 31.2. The first-order valence-electron chi connectivity index (χ1n) is 14.0. The predicted molar refractivity (Wildman–Crippen MR) is 167 cm³/mol. The number of nitrogens with zero attached hydrogens (tertiary/aromatic N) is 3. The number of methoxy groups -OCH3 is 1. The lowest BCUT2D eigenvalue weighted by molar-refractivity contribution is -0.140. The fraction of sp³-hybridized carbons (Fsp3) is 0.323. The van der Waals surface area contributed by atoms with Gasteiger partial charge < -0.3 is 25.6 Å². The van der Waals surface area contributed by atoms with Crippen molar-refractivity contribution in [3.05, 3.63) is 64.3 Å². The number of nitrogens with one attached hydrogen (secondary N) is 3. The van der Waals surface area contributed by atoms with E-state index in [4.69, 9.17) is 27.9 Å². The van der Waals surface area contributed by atoms with E-state index in [-0.39, 0.29) is 23.5 Å². The number of imide groups is 1. The average molecular weight is 640 g/mol. The monoisotopic (exact) mass is 638 g/mol. The second kappa shape index (κ2) is 13.2. The number of hydrogen-bond acceptors (Lipinski definition) is 7. The Bertz CT molecular complexity index is 1630. The summed E-state index contributed by atoms with van der Waals surface area (Å²) in [7, 11) is 4.47. The minimum Gasteiger partial charge on any atom is -0.496 e. The van der Waals surface area contributed by atoms with Crippen molar-refractivity contribution < 1.29 is 23.9 Å². The number of benzene rings is 2. The van der Waals surface area contributed by atoms with Gasteiger partial charge in [-0.1, -0.05) is 47.5 Å². The van der Waals surface area contributed by atoms with E-state index in [1.807, 2.05) is 18.2 Å². The molecule has 2 saturated heterocycles. The standard InChI is InChI=1S/C31H32Cl2N6O5/c1-38-16-22(30(42)39(2)31(38)43)29(41)37-23-6-4-5-20(26(23)32)21-11-12-35-28(27(21)33)17-7-8-18(24(13-17)44-3)14-34-15-19-9-10-25(40)36-19/h4-8,11-13,19,22,34H,9-10,14-16H2,1-3H3,(H,36,40)(H,37,41)/t19-,22?/m0/s1. The molecule has 0 spiro atoms. The molecule has 1 unspecified atom stereocenters. The van der Waals surface area contributed by atoms with Crippen LogP contribution in [0.15, 0.2) is 48.7 Å². The van der Waals surface area contributed by atoms with Crippen molar-refractivity contribution in [2.45, 2.75) is 25.4 Å². The minimum atomic E-state index is -1.07. The van der Waals surface area contributed by atoms with E-state index in [2.05, 4.69) is 20.9 Å². The third kappa shape index (κ3) is 6.35. The summed E-state index contributed by atoms with van der Waals surface area (Å²) in [6.07, 6.45) is 3.00. The minimum absolute atomic E-state index is 0.0399. The van der Waals surface area contributed by atoms with Crippen LogP contribution >= 0.6 is 23.2 Å². The van der Waals surface area contributed by atoms with Crippen LogP contribution in [0.4, 0.5) is 10.5 Å². The van der Waals surface area contributed by atoms with E-state index in [0.29, 0.717) is 52.8 Å². The van der Waals surface area contributed by atoms with Gasteiger partial charge in [0.25, 0.3) is 0 Å². The number of carbonyl (C=O) groups is 4. The van der Waals surface area contributed by atoms with Crippen LogP contribution in [0.2, 0.25) is 10.0 Å². The Labute approximate surface area is 264 Å². The topological polar surface area (TPSA) is 133 Å². The maximum atomic E-state index is 13.1. The van der Waals surface area contributed by atoms with Crippen molar-refractivity contribution in [1.82, 2.24) is 25.4 Å². The maximum Gasteiger partial charge on any atom is 0.326 e. The highest BCUT2D eigenvalue weighted by atomic mass is 35.5. The second-order valence-corrected chi connectivity index (χ2v) is 11.5. The van der Waals surface area contributed by atoms with Gasteiger partial charge in [0.2, 0.25) is 17.7 Å². The smallest absolute Gasteiger partial charge is 0.326 e. The molecule has 3 heterocycles. The molecule has 13 heteroatoms. The lowest BCUT2D eigenvalue weighted by Crippen LogP contribution is -2.56. The first-order chi connectivity index (χ1) is 21.1. The van der Waals surface area contributed by atoms with E-state index >= 15 is 0 Å². The third-order valence-corrected chi connectivity index (χ3v) is 8.59. The normalized spacial score (nSPS) is 18.4. The Morgan fingerprint density at radius 3 is 2.59 bits per heavy atom. The fourth-order valence-electron chi connectivity index (χ4n) is 5.37. The van der Waals surface area contributed by atoms with Crippen molar-refractivity contribution in [1.29, 1.82) is 0 Å². The van der Waals surface area contributed by atoms with Crippen LogP contribution in [0, 0.1) is 5.92 Å². The number of pyridine rings is 1. The summed E-state index contributed by atoms with van der Waals surface area (Å²) in [5.41, 5.74) is 3.65. The molecule has 5 rings (SSSR count). The predicted octanol–water partition coefficient (Wildman–Crippen LogP) is 4.18. The van der Waals surface area contributed by atoms with Crippen LogP contribution in [0.25, 0.3) is 22.4 Å². The van der Waals surface area contributed by atoms with Crippen LogP contribution in [0.1, 0.15) is 18.4 Å². The quantitative estimate of drug-likeness (QED) is 0.300. The molecule has 3 aromatic rings. The Morgan fingerprint density at radius 1 is 1.09 bits per heavy atom. The van der Waals surface area contributed by atoms with Gasteiger partial charge in [-0.3, -0.25) is 24.3 Å². The van der Waals surface area contributed by atoms with E-state index in [1.165, 1.54) is 19.0 Å². The molecule has 2 aliphatic heterocycles. The molecular weight excluding hydrogens is 607 g/mol. The zero-order chi connectivity index (χ0) is 31.5. The molecule has 0 radical (unpaired) electrons. The lowest BCUT2D eigenvalue weighted by atomic mass is 10.0. The number of halogens is 2. The first-order valence-corrected chi connectivity index (χ1v) is 14.8. The Kier molecular flexibility index (Phi) is 9.38. The van der Waals surface area contributed by atoms with E-state index < -0.39 is 23.8 Å². The summed E-state index contributed by atoms with van der Waals surface area (Å²) >= 11 is 13.7. The van der Waals surface area contributed by atoms with Gasteiger partial charge in [0, 0.05) is 74.6 Å². The van der Waals surface area contributed by atoms with E-state index in [1.54, 1.807) is 37.6 Å². The molecule has 2 fully saturated rings. The number of aromatic nitrogens is 1. The zero-order valence-corrected chi connectivity index (χ0v) is 26.0. The Hall–Kier alpha value is -4.19. The summed E-state index contributed by atoms with van der Waals surface area (Å²) < 4.78 is 5.66. The van der Waals surface area contributed by atoms with Gasteiger partial charge in [-0.05, 0) is 24.6 Å². The Morgan fingerprint density at radius 2 is 1.86 bits per heavy atom. The van der Waals surface area contributed by atoms with Crippen molar-refractivity contribution in [3.63, 3.8) is 0 Å². The molecule has 1 aromatic heterocycles. The highest BCUT2D eigenvalue weighted by molar-refractivity contribution is 6.39. The number of ether oxygens (including phenoxy) is 1. The molecular formula is C31H32Cl2N6O5. The van der Waals surface area contributed by atoms with Gasteiger partial charge in [-0.2, -0.15) is 0 Å². The Balaban J connectivity index is 1.35. The largest absolute Gasteiger partial charge is 0.496 e. The number of rotatable bonds is 9. The van der Waals surface area contributed by atoms with E-state index in [0.717, 1.165) is 22.4 Å². The lowest BCUT2D eigenvalue weighted by Gasteiger charge is -2.33. The average Bonchev–Trinajstić information content (AvgIpc) is 3.44. The SMILES string of the molecule is COc1cc(-c2nccc(-c3cccc(NC(=O)C4CN(C)C(=O)N(C)C4=O)c3Cl)c2Cl)ccc1CNC[C@@H]1CCC(=O)N1. The van der Waals surface area contributed by atoms with Crippen molar-refractivity contribution >= 4 is 52.6 Å². The summed E-state index contributed by atoms with van der Waals surface area (Å²) in [4.78, 5) is 56.0. The zero-order valence-electron chi connectivity index (χ0n) is 24.4. The highest BCUT2D eigenvalue weighted by Gasteiger charge is 2.39. The maximum absolute atomic E-state index is 13.1. The van der Waals surface area contributed by atoms with Crippen LogP contribution < -0.4 is 20.7 Å².